The van der Waals surface area contributed by atoms with Gasteiger partial charge in [-0.3, -0.25) is 9.69 Å². The Morgan fingerprint density at radius 1 is 0.966 bits per heavy atom. The van der Waals surface area contributed by atoms with Crippen LogP contribution in [0.5, 0.6) is 11.5 Å². The second-order valence-electron chi connectivity index (χ2n) is 7.77. The number of ether oxygens (including phenoxy) is 3. The maximum atomic E-state index is 12.9. The van der Waals surface area contributed by atoms with E-state index in [-0.39, 0.29) is 5.91 Å². The molecule has 1 saturated heterocycles. The van der Waals surface area contributed by atoms with E-state index in [1.54, 1.807) is 59.3 Å². The molecule has 7 nitrogen and oxygen atoms in total. The topological polar surface area (TPSA) is 76.9 Å². The lowest BCUT2D eigenvalue weighted by Gasteiger charge is -2.20. The molecule has 2 aromatic carbocycles. The lowest BCUT2D eigenvalue weighted by atomic mass is 10.1. The van der Waals surface area contributed by atoms with Gasteiger partial charge in [-0.25, -0.2) is 4.79 Å². The lowest BCUT2D eigenvalue weighted by molar-refractivity contribution is -0.116. The minimum atomic E-state index is -0.668. The molecule has 154 valence electrons. The highest BCUT2D eigenvalue weighted by Gasteiger charge is 2.58. The predicted octanol–water partition coefficient (Wildman–Crippen LogP) is 4.00. The standard InChI is InChI=1S/C22H26N2O5/c1-22(2,3)29-21(26)24-18(14-7-6-8-17(13-14)28-5)19(24)20(25)23-15-9-11-16(27-4)12-10-15/h6-13,18-19H,1-5H3,(H,23,25)/t18-,19+,24?/m1/s1. The summed E-state index contributed by atoms with van der Waals surface area (Å²) in [6.07, 6.45) is -0.528. The molecule has 3 rings (SSSR count). The van der Waals surface area contributed by atoms with Crippen LogP contribution < -0.4 is 14.8 Å². The smallest absolute Gasteiger partial charge is 0.411 e. The Hall–Kier alpha value is -3.22. The summed E-state index contributed by atoms with van der Waals surface area (Å²) in [6, 6.07) is 13.3. The monoisotopic (exact) mass is 398 g/mol. The van der Waals surface area contributed by atoms with E-state index in [1.165, 1.54) is 4.90 Å². The maximum absolute atomic E-state index is 12.9. The fourth-order valence-corrected chi connectivity index (χ4v) is 3.10. The molecule has 2 aromatic rings. The Morgan fingerprint density at radius 3 is 2.21 bits per heavy atom. The molecule has 1 aliphatic rings. The molecule has 0 radical (unpaired) electrons. The molecule has 7 heteroatoms. The van der Waals surface area contributed by atoms with Gasteiger partial charge in [0.15, 0.2) is 0 Å². The second kappa shape index (κ2) is 8.03. The van der Waals surface area contributed by atoms with Crippen LogP contribution >= 0.6 is 0 Å². The van der Waals surface area contributed by atoms with Crippen LogP contribution in [0.3, 0.4) is 0 Å². The summed E-state index contributed by atoms with van der Waals surface area (Å²) >= 11 is 0. The third-order valence-corrected chi connectivity index (χ3v) is 4.47. The molecular formula is C22H26N2O5. The van der Waals surface area contributed by atoms with Gasteiger partial charge in [0.25, 0.3) is 0 Å². The number of hydrogen-bond donors (Lipinski definition) is 1. The van der Waals surface area contributed by atoms with Crippen molar-refractivity contribution in [1.29, 1.82) is 0 Å². The number of methoxy groups -OCH3 is 2. The van der Waals surface area contributed by atoms with Crippen LogP contribution in [0, 0.1) is 0 Å². The molecule has 29 heavy (non-hydrogen) atoms. The number of carbonyl (C=O) groups is 2. The fraction of sp³-hybridized carbons (Fsp3) is 0.364. The molecule has 0 aromatic heterocycles. The molecule has 1 fully saturated rings. The van der Waals surface area contributed by atoms with Crippen molar-refractivity contribution in [2.45, 2.75) is 38.5 Å². The Balaban J connectivity index is 1.81. The lowest BCUT2D eigenvalue weighted by Crippen LogP contribution is -2.30. The number of rotatable bonds is 5. The zero-order valence-corrected chi connectivity index (χ0v) is 17.3. The van der Waals surface area contributed by atoms with Crippen LogP contribution in [0.25, 0.3) is 0 Å². The summed E-state index contributed by atoms with van der Waals surface area (Å²) in [5, 5.41) is 2.86. The number of amides is 2. The first-order chi connectivity index (χ1) is 13.7. The van der Waals surface area contributed by atoms with Crippen LogP contribution in [-0.4, -0.2) is 42.8 Å². The van der Waals surface area contributed by atoms with E-state index in [2.05, 4.69) is 5.32 Å². The van der Waals surface area contributed by atoms with Gasteiger partial charge in [-0.05, 0) is 62.7 Å². The van der Waals surface area contributed by atoms with Gasteiger partial charge in [0.1, 0.15) is 23.1 Å². The first-order valence-corrected chi connectivity index (χ1v) is 9.33. The van der Waals surface area contributed by atoms with Crippen molar-refractivity contribution in [3.05, 3.63) is 54.1 Å². The quantitative estimate of drug-likeness (QED) is 0.771. The molecule has 0 unspecified atom stereocenters. The van der Waals surface area contributed by atoms with Gasteiger partial charge in [0.2, 0.25) is 5.91 Å². The van der Waals surface area contributed by atoms with Crippen LogP contribution in [0.1, 0.15) is 32.4 Å². The van der Waals surface area contributed by atoms with Crippen LogP contribution in [0.2, 0.25) is 0 Å². The number of hydrogen-bond acceptors (Lipinski definition) is 5. The summed E-state index contributed by atoms with van der Waals surface area (Å²) in [5.74, 6) is 1.07. The summed E-state index contributed by atoms with van der Waals surface area (Å²) in [5.41, 5.74) is 0.775. The van der Waals surface area contributed by atoms with E-state index in [9.17, 15) is 9.59 Å². The number of nitrogens with zero attached hydrogens (tertiary/aromatic N) is 1. The van der Waals surface area contributed by atoms with Crippen molar-refractivity contribution in [3.63, 3.8) is 0 Å². The molecule has 0 aliphatic carbocycles. The molecule has 1 heterocycles. The van der Waals surface area contributed by atoms with Gasteiger partial charge < -0.3 is 19.5 Å². The number of benzene rings is 2. The molecule has 2 atom stereocenters. The van der Waals surface area contributed by atoms with Crippen LogP contribution in [-0.2, 0) is 9.53 Å². The van der Waals surface area contributed by atoms with Gasteiger partial charge in [-0.1, -0.05) is 12.1 Å². The van der Waals surface area contributed by atoms with Crippen molar-refractivity contribution in [3.8, 4) is 11.5 Å². The Labute approximate surface area is 170 Å². The Morgan fingerprint density at radius 2 is 1.62 bits per heavy atom. The highest BCUT2D eigenvalue weighted by atomic mass is 16.6. The average molecular weight is 398 g/mol. The van der Waals surface area contributed by atoms with Gasteiger partial charge in [-0.15, -0.1) is 0 Å². The Kier molecular flexibility index (Phi) is 5.68. The first kappa shape index (κ1) is 20.5. The third-order valence-electron chi connectivity index (χ3n) is 4.47. The first-order valence-electron chi connectivity index (χ1n) is 9.33. The van der Waals surface area contributed by atoms with Crippen LogP contribution in [0.4, 0.5) is 10.5 Å². The van der Waals surface area contributed by atoms with E-state index < -0.39 is 23.8 Å². The van der Waals surface area contributed by atoms with E-state index >= 15 is 0 Å². The van der Waals surface area contributed by atoms with Gasteiger partial charge in [0.05, 0.1) is 20.3 Å². The SMILES string of the molecule is COc1ccc(NC(=O)[C@@H]2[C@@H](c3cccc(OC)c3)N2C(=O)OC(C)(C)C)cc1. The van der Waals surface area contributed by atoms with Gasteiger partial charge in [0, 0.05) is 5.69 Å². The van der Waals surface area contributed by atoms with Crippen molar-refractivity contribution < 1.29 is 23.8 Å². The number of anilines is 1. The average Bonchev–Trinajstić information content (AvgIpc) is 3.43. The normalized spacial score (nSPS) is 18.0. The zero-order valence-electron chi connectivity index (χ0n) is 17.3. The molecule has 1 N–H and O–H groups in total. The second-order valence-corrected chi connectivity index (χ2v) is 7.77. The molecular weight excluding hydrogens is 372 g/mol. The number of carbonyl (C=O) groups excluding carboxylic acids is 2. The minimum Gasteiger partial charge on any atom is -0.497 e. The molecule has 1 aliphatic heterocycles. The minimum absolute atomic E-state index is 0.283. The van der Waals surface area contributed by atoms with Gasteiger partial charge >= 0.3 is 6.09 Å². The van der Waals surface area contributed by atoms with E-state index in [4.69, 9.17) is 14.2 Å². The number of nitrogens with one attached hydrogen (secondary N) is 1. The van der Waals surface area contributed by atoms with E-state index in [0.717, 1.165) is 5.56 Å². The van der Waals surface area contributed by atoms with E-state index in [0.29, 0.717) is 17.2 Å². The summed E-state index contributed by atoms with van der Waals surface area (Å²) in [4.78, 5) is 27.1. The highest BCUT2D eigenvalue weighted by Crippen LogP contribution is 2.45. The summed E-state index contributed by atoms with van der Waals surface area (Å²) in [6.45, 7) is 5.38. The Bertz CT molecular complexity index is 889. The van der Waals surface area contributed by atoms with Gasteiger partial charge in [-0.2, -0.15) is 0 Å². The predicted molar refractivity (Wildman–Crippen MR) is 109 cm³/mol. The highest BCUT2D eigenvalue weighted by molar-refractivity contribution is 6.00. The third kappa shape index (κ3) is 4.80. The summed E-state index contributed by atoms with van der Waals surface area (Å²) in [7, 11) is 3.15. The molecule has 0 spiro atoms. The van der Waals surface area contributed by atoms with E-state index in [1.807, 2.05) is 24.3 Å². The van der Waals surface area contributed by atoms with Crippen molar-refractivity contribution in [2.75, 3.05) is 19.5 Å². The molecule has 0 bridgehead atoms. The summed E-state index contributed by atoms with van der Waals surface area (Å²) < 4.78 is 15.9. The van der Waals surface area contributed by atoms with Crippen molar-refractivity contribution in [1.82, 2.24) is 4.90 Å². The fourth-order valence-electron chi connectivity index (χ4n) is 3.10. The van der Waals surface area contributed by atoms with Crippen LogP contribution in [0.15, 0.2) is 48.5 Å². The largest absolute Gasteiger partial charge is 0.497 e. The van der Waals surface area contributed by atoms with Crippen molar-refractivity contribution in [2.24, 2.45) is 0 Å². The van der Waals surface area contributed by atoms with Crippen molar-refractivity contribution >= 4 is 17.7 Å². The maximum Gasteiger partial charge on any atom is 0.411 e. The molecule has 0 saturated carbocycles. The molecule has 2 amide bonds. The zero-order chi connectivity index (χ0) is 21.2.